The predicted molar refractivity (Wildman–Crippen MR) is 70.1 cm³/mol. The van der Waals surface area contributed by atoms with Gasteiger partial charge >= 0.3 is 0 Å². The van der Waals surface area contributed by atoms with Crippen molar-refractivity contribution in [3.8, 4) is 0 Å². The summed E-state index contributed by atoms with van der Waals surface area (Å²) in [6.45, 7) is 7.22. The molecule has 0 amide bonds. The molecule has 2 nitrogen and oxygen atoms in total. The third-order valence-electron chi connectivity index (χ3n) is 2.35. The minimum atomic E-state index is 0.968. The van der Waals surface area contributed by atoms with Gasteiger partial charge < -0.3 is 4.90 Å². The zero-order valence-corrected chi connectivity index (χ0v) is 11.3. The molecule has 0 fully saturated rings. The van der Waals surface area contributed by atoms with Crippen LogP contribution in [0.25, 0.3) is 0 Å². The average molecular weight is 269 g/mol. The zero-order valence-electron chi connectivity index (χ0n) is 9.71. The van der Waals surface area contributed by atoms with Gasteiger partial charge in [-0.1, -0.05) is 15.9 Å². The SMILES string of the molecule is CCN(C)C=Nc1cc(C)cc(Br)c1C. The number of hydrogen-bond acceptors (Lipinski definition) is 1. The first-order valence-electron chi connectivity index (χ1n) is 5.05. The summed E-state index contributed by atoms with van der Waals surface area (Å²) in [4.78, 5) is 6.52. The zero-order chi connectivity index (χ0) is 11.4. The van der Waals surface area contributed by atoms with Gasteiger partial charge in [0.05, 0.1) is 12.0 Å². The van der Waals surface area contributed by atoms with Gasteiger partial charge in [-0.05, 0) is 44.0 Å². The van der Waals surface area contributed by atoms with Crippen molar-refractivity contribution in [1.82, 2.24) is 4.90 Å². The van der Waals surface area contributed by atoms with E-state index in [0.29, 0.717) is 0 Å². The molecule has 1 rings (SSSR count). The first-order valence-corrected chi connectivity index (χ1v) is 5.85. The van der Waals surface area contributed by atoms with E-state index < -0.39 is 0 Å². The van der Waals surface area contributed by atoms with Crippen molar-refractivity contribution in [2.75, 3.05) is 13.6 Å². The van der Waals surface area contributed by atoms with Gasteiger partial charge in [0.15, 0.2) is 0 Å². The Bertz CT molecular complexity index is 372. The van der Waals surface area contributed by atoms with Gasteiger partial charge in [0.1, 0.15) is 0 Å². The van der Waals surface area contributed by atoms with E-state index in [0.717, 1.165) is 16.7 Å². The van der Waals surface area contributed by atoms with Crippen molar-refractivity contribution in [3.63, 3.8) is 0 Å². The van der Waals surface area contributed by atoms with Crippen molar-refractivity contribution in [2.45, 2.75) is 20.8 Å². The van der Waals surface area contributed by atoms with Gasteiger partial charge in [0, 0.05) is 18.1 Å². The first-order chi connectivity index (χ1) is 7.04. The van der Waals surface area contributed by atoms with Crippen LogP contribution >= 0.6 is 15.9 Å². The Morgan fingerprint density at radius 2 is 2.07 bits per heavy atom. The molecule has 0 N–H and O–H groups in total. The lowest BCUT2D eigenvalue weighted by Crippen LogP contribution is -2.14. The highest BCUT2D eigenvalue weighted by Crippen LogP contribution is 2.27. The Balaban J connectivity index is 2.99. The summed E-state index contributed by atoms with van der Waals surface area (Å²) in [6.07, 6.45) is 1.87. The van der Waals surface area contributed by atoms with Crippen LogP contribution in [0.1, 0.15) is 18.1 Å². The molecule has 0 atom stereocenters. The van der Waals surface area contributed by atoms with E-state index in [2.05, 4.69) is 58.7 Å². The number of rotatable bonds is 3. The molecule has 3 heteroatoms. The topological polar surface area (TPSA) is 15.6 Å². The van der Waals surface area contributed by atoms with Crippen LogP contribution in [0.15, 0.2) is 21.6 Å². The van der Waals surface area contributed by atoms with Crippen LogP contribution in [0.5, 0.6) is 0 Å². The number of hydrogen-bond donors (Lipinski definition) is 0. The summed E-state index contributed by atoms with van der Waals surface area (Å²) in [6, 6.07) is 4.21. The second kappa shape index (κ2) is 5.31. The fourth-order valence-corrected chi connectivity index (χ4v) is 1.74. The van der Waals surface area contributed by atoms with E-state index in [1.54, 1.807) is 0 Å². The summed E-state index contributed by atoms with van der Waals surface area (Å²) in [5.41, 5.74) is 3.43. The van der Waals surface area contributed by atoms with Crippen LogP contribution in [0.4, 0.5) is 5.69 Å². The Morgan fingerprint density at radius 1 is 1.40 bits per heavy atom. The first kappa shape index (κ1) is 12.2. The third-order valence-corrected chi connectivity index (χ3v) is 3.18. The second-order valence-electron chi connectivity index (χ2n) is 3.71. The summed E-state index contributed by atoms with van der Waals surface area (Å²) in [7, 11) is 2.02. The van der Waals surface area contributed by atoms with Gasteiger partial charge in [-0.15, -0.1) is 0 Å². The average Bonchev–Trinajstić information content (AvgIpc) is 2.20. The van der Waals surface area contributed by atoms with Crippen molar-refractivity contribution in [3.05, 3.63) is 27.7 Å². The number of benzene rings is 1. The van der Waals surface area contributed by atoms with Crippen LogP contribution in [0.3, 0.4) is 0 Å². The van der Waals surface area contributed by atoms with Gasteiger partial charge in [-0.3, -0.25) is 0 Å². The molecule has 0 saturated heterocycles. The van der Waals surface area contributed by atoms with Gasteiger partial charge in [0.25, 0.3) is 0 Å². The molecule has 0 spiro atoms. The molecule has 0 aliphatic carbocycles. The van der Waals surface area contributed by atoms with E-state index in [1.165, 1.54) is 11.1 Å². The number of halogens is 1. The fraction of sp³-hybridized carbons (Fsp3) is 0.417. The molecule has 0 aromatic heterocycles. The summed E-state index contributed by atoms with van der Waals surface area (Å²) < 4.78 is 1.12. The lowest BCUT2D eigenvalue weighted by atomic mass is 10.1. The molecule has 82 valence electrons. The maximum atomic E-state index is 4.47. The third kappa shape index (κ3) is 3.34. The fourth-order valence-electron chi connectivity index (χ4n) is 1.17. The normalized spacial score (nSPS) is 11.0. The number of aliphatic imine (C=N–C) groups is 1. The van der Waals surface area contributed by atoms with Gasteiger partial charge in [0.2, 0.25) is 0 Å². The van der Waals surface area contributed by atoms with Crippen LogP contribution < -0.4 is 0 Å². The highest BCUT2D eigenvalue weighted by molar-refractivity contribution is 9.10. The van der Waals surface area contributed by atoms with Crippen molar-refractivity contribution in [1.29, 1.82) is 0 Å². The summed E-state index contributed by atoms with van der Waals surface area (Å²) >= 11 is 3.53. The molecular formula is C12H17BrN2. The highest BCUT2D eigenvalue weighted by atomic mass is 79.9. The Hall–Kier alpha value is -0.830. The molecule has 0 saturated carbocycles. The molecule has 0 aliphatic rings. The van der Waals surface area contributed by atoms with E-state index >= 15 is 0 Å². The van der Waals surface area contributed by atoms with Crippen LogP contribution in [-0.4, -0.2) is 24.8 Å². The summed E-state index contributed by atoms with van der Waals surface area (Å²) in [5, 5.41) is 0. The van der Waals surface area contributed by atoms with Crippen LogP contribution in [0.2, 0.25) is 0 Å². The molecule has 1 aromatic rings. The van der Waals surface area contributed by atoms with E-state index in [4.69, 9.17) is 0 Å². The van der Waals surface area contributed by atoms with E-state index in [1.807, 2.05) is 13.4 Å². The molecule has 0 unspecified atom stereocenters. The van der Waals surface area contributed by atoms with Gasteiger partial charge in [-0.2, -0.15) is 0 Å². The highest BCUT2D eigenvalue weighted by Gasteiger charge is 2.01. The van der Waals surface area contributed by atoms with E-state index in [-0.39, 0.29) is 0 Å². The lowest BCUT2D eigenvalue weighted by molar-refractivity contribution is 0.552. The smallest absolute Gasteiger partial charge is 0.0909 e. The quantitative estimate of drug-likeness (QED) is 0.603. The van der Waals surface area contributed by atoms with Crippen LogP contribution in [-0.2, 0) is 0 Å². The molecular weight excluding hydrogens is 252 g/mol. The Kier molecular flexibility index (Phi) is 4.33. The monoisotopic (exact) mass is 268 g/mol. The van der Waals surface area contributed by atoms with E-state index in [9.17, 15) is 0 Å². The minimum Gasteiger partial charge on any atom is -0.366 e. The molecule has 0 bridgehead atoms. The predicted octanol–water partition coefficient (Wildman–Crippen LogP) is 3.68. The molecule has 15 heavy (non-hydrogen) atoms. The second-order valence-corrected chi connectivity index (χ2v) is 4.56. The molecule has 1 aromatic carbocycles. The van der Waals surface area contributed by atoms with Gasteiger partial charge in [-0.25, -0.2) is 4.99 Å². The number of nitrogens with zero attached hydrogens (tertiary/aromatic N) is 2. The minimum absolute atomic E-state index is 0.968. The number of aryl methyl sites for hydroxylation is 1. The Morgan fingerprint density at radius 3 is 2.67 bits per heavy atom. The van der Waals surface area contributed by atoms with Crippen LogP contribution in [0, 0.1) is 13.8 Å². The largest absolute Gasteiger partial charge is 0.366 e. The molecule has 0 radical (unpaired) electrons. The van der Waals surface area contributed by atoms with Crippen molar-refractivity contribution in [2.24, 2.45) is 4.99 Å². The summed E-state index contributed by atoms with van der Waals surface area (Å²) in [5.74, 6) is 0. The van der Waals surface area contributed by atoms with Crippen molar-refractivity contribution >= 4 is 28.0 Å². The maximum absolute atomic E-state index is 4.47. The standard InChI is InChI=1S/C12H17BrN2/c1-5-15(4)8-14-12-7-9(2)6-11(13)10(12)3/h6-8H,5H2,1-4H3. The maximum Gasteiger partial charge on any atom is 0.0909 e. The molecule has 0 heterocycles. The van der Waals surface area contributed by atoms with Crippen molar-refractivity contribution < 1.29 is 0 Å². The molecule has 0 aliphatic heterocycles. The Labute approximate surface area is 100 Å². The lowest BCUT2D eigenvalue weighted by Gasteiger charge is -2.10.